The highest BCUT2D eigenvalue weighted by Crippen LogP contribution is 2.35. The van der Waals surface area contributed by atoms with Crippen LogP contribution in [0.25, 0.3) is 0 Å². The second-order valence-corrected chi connectivity index (χ2v) is 6.35. The van der Waals surface area contributed by atoms with Crippen molar-refractivity contribution in [1.29, 1.82) is 0 Å². The number of carboxylic acids is 1. The van der Waals surface area contributed by atoms with Crippen LogP contribution in [0.1, 0.15) is 38.3 Å². The summed E-state index contributed by atoms with van der Waals surface area (Å²) in [6.07, 6.45) is 0.993. The van der Waals surface area contributed by atoms with Gasteiger partial charge in [0.2, 0.25) is 0 Å². The number of hydrogen-bond acceptors (Lipinski definition) is 3. The lowest BCUT2D eigenvalue weighted by Crippen LogP contribution is -2.39. The Bertz CT molecular complexity index is 539. The molecule has 1 aromatic rings. The maximum absolute atomic E-state index is 13.8. The molecule has 1 heterocycles. The summed E-state index contributed by atoms with van der Waals surface area (Å²) in [6, 6.07) is 5.39. The van der Waals surface area contributed by atoms with E-state index >= 15 is 0 Å². The van der Waals surface area contributed by atoms with Gasteiger partial charge in [0.05, 0.1) is 17.5 Å². The molecule has 1 saturated heterocycles. The summed E-state index contributed by atoms with van der Waals surface area (Å²) in [6.45, 7) is 5.54. The lowest BCUT2D eigenvalue weighted by atomic mass is 9.99. The van der Waals surface area contributed by atoms with Gasteiger partial charge < -0.3 is 10.4 Å². The Morgan fingerprint density at radius 1 is 1.55 bits per heavy atom. The van der Waals surface area contributed by atoms with Crippen LogP contribution in [-0.2, 0) is 4.79 Å². The number of hydrogen-bond donors (Lipinski definition) is 2. The van der Waals surface area contributed by atoms with Crippen molar-refractivity contribution in [3.05, 3.63) is 34.6 Å². The molecule has 1 aromatic carbocycles. The summed E-state index contributed by atoms with van der Waals surface area (Å²) < 4.78 is 13.8. The Kier molecular flexibility index (Phi) is 5.78. The third kappa shape index (κ3) is 3.97. The lowest BCUT2D eigenvalue weighted by Gasteiger charge is -2.32. The monoisotopic (exact) mass is 328 g/mol. The van der Waals surface area contributed by atoms with Crippen molar-refractivity contribution in [2.45, 2.75) is 44.8 Å². The third-order valence-electron chi connectivity index (χ3n) is 4.13. The first-order valence-electron chi connectivity index (χ1n) is 7.56. The standard InChI is InChI=1S/C16H22ClFN2O2/c1-10(2)20-8-6-14(19-7-5-15(21)22)16(20)11-3-4-12(17)13(18)9-11/h3-4,9-10,14,16,19H,5-8H2,1-2H3,(H,21,22). The number of nitrogens with zero attached hydrogens (tertiary/aromatic N) is 1. The fourth-order valence-corrected chi connectivity index (χ4v) is 3.21. The van der Waals surface area contributed by atoms with Gasteiger partial charge in [0.25, 0.3) is 0 Å². The van der Waals surface area contributed by atoms with Crippen LogP contribution in [0.15, 0.2) is 18.2 Å². The fraction of sp³-hybridized carbons (Fsp3) is 0.562. The van der Waals surface area contributed by atoms with E-state index in [1.165, 1.54) is 6.07 Å². The maximum atomic E-state index is 13.8. The molecule has 1 fully saturated rings. The van der Waals surface area contributed by atoms with Gasteiger partial charge in [-0.05, 0) is 38.0 Å². The summed E-state index contributed by atoms with van der Waals surface area (Å²) >= 11 is 5.77. The van der Waals surface area contributed by atoms with Crippen LogP contribution in [0.4, 0.5) is 4.39 Å². The molecule has 1 aliphatic rings. The van der Waals surface area contributed by atoms with Gasteiger partial charge in [-0.3, -0.25) is 9.69 Å². The SMILES string of the molecule is CC(C)N1CCC(NCCC(=O)O)C1c1ccc(Cl)c(F)c1. The van der Waals surface area contributed by atoms with E-state index in [4.69, 9.17) is 16.7 Å². The second-order valence-electron chi connectivity index (χ2n) is 5.94. The molecule has 0 spiro atoms. The molecule has 0 aliphatic carbocycles. The zero-order chi connectivity index (χ0) is 16.3. The van der Waals surface area contributed by atoms with Crippen molar-refractivity contribution in [2.24, 2.45) is 0 Å². The first kappa shape index (κ1) is 17.2. The number of carbonyl (C=O) groups is 1. The van der Waals surface area contributed by atoms with Crippen LogP contribution in [0.3, 0.4) is 0 Å². The van der Waals surface area contributed by atoms with Crippen molar-refractivity contribution in [3.8, 4) is 0 Å². The van der Waals surface area contributed by atoms with Crippen LogP contribution in [0, 0.1) is 5.82 Å². The number of likely N-dealkylation sites (tertiary alicyclic amines) is 1. The van der Waals surface area contributed by atoms with Crippen LogP contribution in [-0.4, -0.2) is 41.1 Å². The van der Waals surface area contributed by atoms with Gasteiger partial charge >= 0.3 is 5.97 Å². The number of nitrogens with one attached hydrogen (secondary N) is 1. The predicted molar refractivity (Wildman–Crippen MR) is 84.7 cm³/mol. The van der Waals surface area contributed by atoms with Crippen molar-refractivity contribution in [1.82, 2.24) is 10.2 Å². The minimum absolute atomic E-state index is 0.0283. The van der Waals surface area contributed by atoms with Gasteiger partial charge in [0.1, 0.15) is 5.82 Å². The Hall–Kier alpha value is -1.17. The highest BCUT2D eigenvalue weighted by Gasteiger charge is 2.36. The van der Waals surface area contributed by atoms with Crippen LogP contribution >= 0.6 is 11.6 Å². The molecular formula is C16H22ClFN2O2. The van der Waals surface area contributed by atoms with Crippen molar-refractivity contribution in [3.63, 3.8) is 0 Å². The van der Waals surface area contributed by atoms with E-state index in [0.717, 1.165) is 18.5 Å². The van der Waals surface area contributed by atoms with Gasteiger partial charge in [-0.25, -0.2) is 4.39 Å². The van der Waals surface area contributed by atoms with Crippen molar-refractivity contribution < 1.29 is 14.3 Å². The molecule has 6 heteroatoms. The molecule has 2 N–H and O–H groups in total. The smallest absolute Gasteiger partial charge is 0.304 e. The number of aliphatic carboxylic acids is 1. The van der Waals surface area contributed by atoms with Gasteiger partial charge in [0, 0.05) is 25.2 Å². The molecule has 1 aliphatic heterocycles. The molecule has 0 bridgehead atoms. The first-order valence-corrected chi connectivity index (χ1v) is 7.94. The fourth-order valence-electron chi connectivity index (χ4n) is 3.09. The van der Waals surface area contributed by atoms with Crippen LogP contribution in [0.5, 0.6) is 0 Å². The molecule has 0 saturated carbocycles. The summed E-state index contributed by atoms with van der Waals surface area (Å²) in [5.41, 5.74) is 0.876. The predicted octanol–water partition coefficient (Wildman–Crippen LogP) is 3.07. The van der Waals surface area contributed by atoms with Gasteiger partial charge in [-0.1, -0.05) is 17.7 Å². The maximum Gasteiger partial charge on any atom is 0.304 e. The minimum Gasteiger partial charge on any atom is -0.481 e. The average Bonchev–Trinajstić information content (AvgIpc) is 2.85. The van der Waals surface area contributed by atoms with E-state index in [1.54, 1.807) is 6.07 Å². The quantitative estimate of drug-likeness (QED) is 0.842. The molecule has 2 atom stereocenters. The Morgan fingerprint density at radius 3 is 2.86 bits per heavy atom. The Labute approximate surface area is 135 Å². The van der Waals surface area contributed by atoms with Gasteiger partial charge in [0.15, 0.2) is 0 Å². The molecule has 2 rings (SSSR count). The van der Waals surface area contributed by atoms with Gasteiger partial charge in [-0.15, -0.1) is 0 Å². The van der Waals surface area contributed by atoms with Gasteiger partial charge in [-0.2, -0.15) is 0 Å². The highest BCUT2D eigenvalue weighted by molar-refractivity contribution is 6.30. The highest BCUT2D eigenvalue weighted by atomic mass is 35.5. The molecular weight excluding hydrogens is 307 g/mol. The molecule has 2 unspecified atom stereocenters. The summed E-state index contributed by atoms with van der Waals surface area (Å²) in [7, 11) is 0. The second kappa shape index (κ2) is 7.40. The van der Waals surface area contributed by atoms with Crippen LogP contribution < -0.4 is 5.32 Å². The van der Waals surface area contributed by atoms with Crippen molar-refractivity contribution >= 4 is 17.6 Å². The normalized spacial score (nSPS) is 22.4. The molecule has 4 nitrogen and oxygen atoms in total. The molecule has 0 radical (unpaired) electrons. The zero-order valence-electron chi connectivity index (χ0n) is 12.9. The number of carboxylic acid groups (broad SMARTS) is 1. The lowest BCUT2D eigenvalue weighted by molar-refractivity contribution is -0.136. The third-order valence-corrected chi connectivity index (χ3v) is 4.44. The topological polar surface area (TPSA) is 52.6 Å². The van der Waals surface area contributed by atoms with Crippen molar-refractivity contribution in [2.75, 3.05) is 13.1 Å². The van der Waals surface area contributed by atoms with E-state index in [-0.39, 0.29) is 23.5 Å². The largest absolute Gasteiger partial charge is 0.481 e. The molecule has 122 valence electrons. The van der Waals surface area contributed by atoms with E-state index in [9.17, 15) is 9.18 Å². The summed E-state index contributed by atoms with van der Waals surface area (Å²) in [5.74, 6) is -1.24. The molecule has 22 heavy (non-hydrogen) atoms. The van der Waals surface area contributed by atoms with E-state index in [0.29, 0.717) is 12.6 Å². The average molecular weight is 329 g/mol. The first-order chi connectivity index (χ1) is 10.4. The van der Waals surface area contributed by atoms with E-state index < -0.39 is 11.8 Å². The minimum atomic E-state index is -0.819. The van der Waals surface area contributed by atoms with E-state index in [1.807, 2.05) is 6.07 Å². The number of halogens is 2. The zero-order valence-corrected chi connectivity index (χ0v) is 13.6. The summed E-state index contributed by atoms with van der Waals surface area (Å²) in [5, 5.41) is 12.2. The Balaban J connectivity index is 2.18. The molecule has 0 amide bonds. The summed E-state index contributed by atoms with van der Waals surface area (Å²) in [4.78, 5) is 13.0. The Morgan fingerprint density at radius 2 is 2.27 bits per heavy atom. The molecule has 0 aromatic heterocycles. The van der Waals surface area contributed by atoms with Crippen LogP contribution in [0.2, 0.25) is 5.02 Å². The number of rotatable bonds is 6. The van der Waals surface area contributed by atoms with E-state index in [2.05, 4.69) is 24.1 Å². The number of benzene rings is 1.